The van der Waals surface area contributed by atoms with Crippen molar-refractivity contribution in [1.82, 2.24) is 0 Å². The average molecular weight is 1220 g/mol. The summed E-state index contributed by atoms with van der Waals surface area (Å²) in [7, 11) is 0. The van der Waals surface area contributed by atoms with Gasteiger partial charge in [0, 0.05) is 19.3 Å². The highest BCUT2D eigenvalue weighted by atomic mass is 16.7. The van der Waals surface area contributed by atoms with Crippen molar-refractivity contribution in [3.63, 3.8) is 0 Å². The molecule has 0 bridgehead atoms. The van der Waals surface area contributed by atoms with Crippen LogP contribution in [0.15, 0.2) is 109 Å². The SMILES string of the molecule is CC/C=C\C/C=C\C/C=C\C/C=C\CCCCCCCCC(=O)OCC(COC1OC(C(=O)O)C(O)C(O)C1OC(=O)CCCCCCCCCCC/C=C\CCCCCCCC)OC(=O)CCCCCCCC/C=C\C/C=C\C/C=C\C/C=C\CC. The van der Waals surface area contributed by atoms with Crippen LogP contribution < -0.4 is 0 Å². The number of carboxylic acids is 1. The average Bonchev–Trinajstić information content (AvgIpc) is 2.56. The van der Waals surface area contributed by atoms with Crippen LogP contribution in [0.3, 0.4) is 0 Å². The van der Waals surface area contributed by atoms with Gasteiger partial charge in [-0.3, -0.25) is 14.4 Å². The number of ether oxygens (including phenoxy) is 5. The number of aliphatic carboxylic acids is 1. The number of unbranched alkanes of at least 4 members (excludes halogenated alkanes) is 27. The number of carbonyl (C=O) groups excluding carboxylic acids is 3. The van der Waals surface area contributed by atoms with Crippen molar-refractivity contribution in [2.24, 2.45) is 0 Å². The van der Waals surface area contributed by atoms with E-state index in [4.69, 9.17) is 23.7 Å². The second-order valence-electron chi connectivity index (χ2n) is 23.4. The molecule has 3 N–H and O–H groups in total. The van der Waals surface area contributed by atoms with Crippen LogP contribution in [0, 0.1) is 0 Å². The Morgan fingerprint density at radius 1 is 0.391 bits per heavy atom. The van der Waals surface area contributed by atoms with E-state index in [1.54, 1.807) is 0 Å². The Hall–Kier alpha value is -4.62. The fourth-order valence-electron chi connectivity index (χ4n) is 10.1. The van der Waals surface area contributed by atoms with Crippen molar-refractivity contribution in [2.75, 3.05) is 13.2 Å². The molecule has 1 aliphatic heterocycles. The molecule has 1 rings (SSSR count). The number of aliphatic hydroxyl groups excluding tert-OH is 2. The van der Waals surface area contributed by atoms with Gasteiger partial charge in [-0.25, -0.2) is 4.79 Å². The maximum absolute atomic E-state index is 13.2. The number of aliphatic hydroxyl groups is 2. The van der Waals surface area contributed by atoms with Gasteiger partial charge >= 0.3 is 23.9 Å². The van der Waals surface area contributed by atoms with Crippen LogP contribution >= 0.6 is 0 Å². The second kappa shape index (κ2) is 61.6. The third kappa shape index (κ3) is 50.9. The van der Waals surface area contributed by atoms with Gasteiger partial charge in [0.05, 0.1) is 6.61 Å². The second-order valence-corrected chi connectivity index (χ2v) is 23.4. The van der Waals surface area contributed by atoms with Crippen molar-refractivity contribution in [3.05, 3.63) is 109 Å². The zero-order chi connectivity index (χ0) is 63.1. The molecule has 12 heteroatoms. The van der Waals surface area contributed by atoms with E-state index in [0.29, 0.717) is 19.3 Å². The molecule has 1 fully saturated rings. The molecule has 0 spiro atoms. The van der Waals surface area contributed by atoms with E-state index in [2.05, 4.69) is 130 Å². The van der Waals surface area contributed by atoms with Gasteiger partial charge < -0.3 is 39.0 Å². The molecule has 87 heavy (non-hydrogen) atoms. The van der Waals surface area contributed by atoms with Crippen molar-refractivity contribution in [2.45, 2.75) is 327 Å². The van der Waals surface area contributed by atoms with Gasteiger partial charge in [-0.15, -0.1) is 0 Å². The molecule has 0 aromatic heterocycles. The molecule has 0 aromatic rings. The molecule has 1 heterocycles. The Balaban J connectivity index is 2.66. The smallest absolute Gasteiger partial charge is 0.335 e. The summed E-state index contributed by atoms with van der Waals surface area (Å²) in [5, 5.41) is 31.7. The molecule has 496 valence electrons. The van der Waals surface area contributed by atoms with Gasteiger partial charge in [0.2, 0.25) is 0 Å². The molecule has 1 aliphatic rings. The quantitative estimate of drug-likeness (QED) is 0.0228. The van der Waals surface area contributed by atoms with Crippen LogP contribution in [-0.2, 0) is 42.9 Å². The minimum absolute atomic E-state index is 0.0513. The Morgan fingerprint density at radius 3 is 1.11 bits per heavy atom. The predicted octanol–water partition coefficient (Wildman–Crippen LogP) is 19.4. The minimum atomic E-state index is -1.91. The van der Waals surface area contributed by atoms with E-state index in [0.717, 1.165) is 161 Å². The van der Waals surface area contributed by atoms with E-state index in [-0.39, 0.29) is 25.9 Å². The number of carboxylic acid groups (broad SMARTS) is 1. The Bertz CT molecular complexity index is 1930. The lowest BCUT2D eigenvalue weighted by molar-refractivity contribution is -0.301. The number of esters is 3. The van der Waals surface area contributed by atoms with E-state index in [9.17, 15) is 34.5 Å². The van der Waals surface area contributed by atoms with Gasteiger partial charge in [-0.1, -0.05) is 259 Å². The maximum atomic E-state index is 13.2. The highest BCUT2D eigenvalue weighted by molar-refractivity contribution is 5.74. The summed E-state index contributed by atoms with van der Waals surface area (Å²) in [4.78, 5) is 51.5. The number of rotatable bonds is 59. The van der Waals surface area contributed by atoms with E-state index in [1.807, 2.05) is 0 Å². The van der Waals surface area contributed by atoms with Crippen LogP contribution in [0.5, 0.6) is 0 Å². The Morgan fingerprint density at radius 2 is 0.724 bits per heavy atom. The summed E-state index contributed by atoms with van der Waals surface area (Å²) >= 11 is 0. The summed E-state index contributed by atoms with van der Waals surface area (Å²) in [6.45, 7) is 5.78. The van der Waals surface area contributed by atoms with E-state index in [1.165, 1.54) is 70.6 Å². The topological polar surface area (TPSA) is 175 Å². The summed E-state index contributed by atoms with van der Waals surface area (Å²) in [5.41, 5.74) is 0. The first-order valence-corrected chi connectivity index (χ1v) is 34.9. The number of hydrogen-bond donors (Lipinski definition) is 3. The van der Waals surface area contributed by atoms with Crippen LogP contribution in [0.25, 0.3) is 0 Å². The summed E-state index contributed by atoms with van der Waals surface area (Å²) in [6.07, 6.45) is 71.7. The van der Waals surface area contributed by atoms with Crippen molar-refractivity contribution in [1.29, 1.82) is 0 Å². The van der Waals surface area contributed by atoms with E-state index < -0.39 is 67.3 Å². The molecule has 6 unspecified atom stereocenters. The summed E-state index contributed by atoms with van der Waals surface area (Å²) < 4.78 is 28.6. The lowest BCUT2D eigenvalue weighted by Crippen LogP contribution is -2.61. The molecule has 6 atom stereocenters. The molecular formula is C75H124O12. The Labute approximate surface area is 529 Å². The van der Waals surface area contributed by atoms with Crippen LogP contribution in [0.2, 0.25) is 0 Å². The monoisotopic (exact) mass is 1220 g/mol. The zero-order valence-corrected chi connectivity index (χ0v) is 55.0. The number of carbonyl (C=O) groups is 4. The largest absolute Gasteiger partial charge is 0.479 e. The maximum Gasteiger partial charge on any atom is 0.335 e. The predicted molar refractivity (Wildman–Crippen MR) is 358 cm³/mol. The first-order chi connectivity index (χ1) is 42.6. The first kappa shape index (κ1) is 80.4. The summed E-state index contributed by atoms with van der Waals surface area (Å²) in [5.74, 6) is -3.15. The lowest BCUT2D eigenvalue weighted by atomic mass is 9.98. The molecule has 0 aliphatic carbocycles. The normalized spacial score (nSPS) is 18.0. The molecule has 0 radical (unpaired) electrons. The van der Waals surface area contributed by atoms with Crippen LogP contribution in [0.1, 0.15) is 290 Å². The standard InChI is InChI=1S/C75H124O12/c1-4-7-10-13-16-19-22-25-28-31-34-37-40-43-46-49-52-55-58-61-67(76)83-64-66(85-68(77)62-59-56-53-50-47-44-41-38-35-32-29-26-23-20-17-14-11-8-5-2)65-84-75-73(71(80)70(79)72(87-75)74(81)82)86-69(78)63-60-57-54-51-48-45-42-39-36-33-30-27-24-21-18-15-12-9-6-3/h7-8,10-11,16-17,19-20,25-30,34-35,37-38,66,70-73,75,79-80H,4-6,9,12-15,18,21-24,31-33,36,39-65H2,1-3H3,(H,81,82)/b10-7-,11-8-,19-16-,20-17-,28-25-,29-26-,30-27-,37-34-,38-35-. The van der Waals surface area contributed by atoms with Crippen LogP contribution in [0.4, 0.5) is 0 Å². The van der Waals surface area contributed by atoms with Gasteiger partial charge in [-0.2, -0.15) is 0 Å². The van der Waals surface area contributed by atoms with Crippen molar-refractivity contribution < 1.29 is 58.2 Å². The van der Waals surface area contributed by atoms with Gasteiger partial charge in [-0.05, 0) is 122 Å². The molecular weight excluding hydrogens is 1090 g/mol. The van der Waals surface area contributed by atoms with Crippen molar-refractivity contribution in [3.8, 4) is 0 Å². The fourth-order valence-corrected chi connectivity index (χ4v) is 10.1. The minimum Gasteiger partial charge on any atom is -0.479 e. The molecule has 12 nitrogen and oxygen atoms in total. The lowest BCUT2D eigenvalue weighted by Gasteiger charge is -2.40. The highest BCUT2D eigenvalue weighted by Gasteiger charge is 2.50. The molecule has 1 saturated heterocycles. The third-order valence-corrected chi connectivity index (χ3v) is 15.3. The molecule has 0 amide bonds. The summed E-state index contributed by atoms with van der Waals surface area (Å²) in [6, 6.07) is 0. The van der Waals surface area contributed by atoms with Gasteiger partial charge in [0.25, 0.3) is 0 Å². The van der Waals surface area contributed by atoms with Crippen LogP contribution in [-0.4, -0.2) is 89.2 Å². The Kier molecular flexibility index (Phi) is 56.9. The van der Waals surface area contributed by atoms with E-state index >= 15 is 0 Å². The first-order valence-electron chi connectivity index (χ1n) is 34.9. The number of hydrogen-bond acceptors (Lipinski definition) is 11. The molecule has 0 saturated carbocycles. The van der Waals surface area contributed by atoms with Gasteiger partial charge in [0.15, 0.2) is 24.6 Å². The third-order valence-electron chi connectivity index (χ3n) is 15.3. The highest BCUT2D eigenvalue weighted by Crippen LogP contribution is 2.27. The van der Waals surface area contributed by atoms with Crippen molar-refractivity contribution >= 4 is 23.9 Å². The zero-order valence-electron chi connectivity index (χ0n) is 55.0. The molecule has 0 aromatic carbocycles. The fraction of sp³-hybridized carbons (Fsp3) is 0.707. The number of allylic oxidation sites excluding steroid dienone is 18. The van der Waals surface area contributed by atoms with Gasteiger partial charge in [0.1, 0.15) is 18.8 Å².